The number of nitrogens with zero attached hydrogens (tertiary/aromatic N) is 1. The van der Waals surface area contributed by atoms with Crippen LogP contribution in [0.15, 0.2) is 24.3 Å². The van der Waals surface area contributed by atoms with E-state index in [4.69, 9.17) is 36.8 Å². The maximum Gasteiger partial charge on any atom is 0.248 e. The molecule has 1 N–H and O–H groups in total. The van der Waals surface area contributed by atoms with Gasteiger partial charge in [-0.05, 0) is 97.1 Å². The van der Waals surface area contributed by atoms with Crippen molar-refractivity contribution in [3.05, 3.63) is 29.8 Å². The molecule has 1 aromatic carbocycles. The van der Waals surface area contributed by atoms with E-state index in [-0.39, 0.29) is 57.7 Å². The summed E-state index contributed by atoms with van der Waals surface area (Å²) in [5.74, 6) is -0.634. The highest BCUT2D eigenvalue weighted by atomic mass is 28.4. The highest BCUT2D eigenvalue weighted by Crippen LogP contribution is 2.52. The fourth-order valence-electron chi connectivity index (χ4n) is 6.83. The average Bonchev–Trinajstić information content (AvgIpc) is 3.84. The van der Waals surface area contributed by atoms with Crippen molar-refractivity contribution in [2.24, 2.45) is 17.8 Å². The predicted octanol–water partition coefficient (Wildman–Crippen LogP) is 11.8. The van der Waals surface area contributed by atoms with E-state index in [0.717, 1.165) is 11.3 Å². The summed E-state index contributed by atoms with van der Waals surface area (Å²) in [6.07, 6.45) is -2.57. The number of aliphatic hydroxyl groups excluding tert-OH is 1. The van der Waals surface area contributed by atoms with Crippen LogP contribution in [0.4, 0.5) is 0 Å². The molecule has 0 radical (unpaired) electrons. The van der Waals surface area contributed by atoms with Gasteiger partial charge in [0.05, 0.1) is 58.3 Å². The van der Waals surface area contributed by atoms with Crippen LogP contribution in [0.1, 0.15) is 109 Å². The fourth-order valence-corrected chi connectivity index (χ4v) is 11.7. The molecule has 0 bridgehead atoms. The van der Waals surface area contributed by atoms with Crippen molar-refractivity contribution in [2.45, 2.75) is 213 Å². The lowest BCUT2D eigenvalue weighted by atomic mass is 9.78. The van der Waals surface area contributed by atoms with Gasteiger partial charge in [0.25, 0.3) is 0 Å². The summed E-state index contributed by atoms with van der Waals surface area (Å²) in [6.45, 7) is 50.3. The van der Waals surface area contributed by atoms with E-state index in [2.05, 4.69) is 149 Å². The lowest BCUT2D eigenvalue weighted by molar-refractivity contribution is -0.172. The summed E-state index contributed by atoms with van der Waals surface area (Å²) < 4.78 is 47.9. The fraction of sp³-hybridized carbons (Fsp3) is 0.857. The van der Waals surface area contributed by atoms with Gasteiger partial charge in [-0.25, -0.2) is 5.06 Å². The number of methoxy groups -OCH3 is 1. The van der Waals surface area contributed by atoms with Crippen LogP contribution >= 0.6 is 0 Å². The Balaban J connectivity index is 2.91. The minimum Gasteiger partial charge on any atom is -0.497 e. The van der Waals surface area contributed by atoms with E-state index >= 15 is 0 Å². The second-order valence-electron chi connectivity index (χ2n) is 25.0. The molecule has 1 aromatic rings. The molecule has 8 atom stereocenters. The molecule has 1 unspecified atom stereocenters. The molecule has 11 nitrogen and oxygen atoms in total. The van der Waals surface area contributed by atoms with Crippen LogP contribution in [-0.4, -0.2) is 120 Å². The molecular formula is C49H97NO10Si4. The summed E-state index contributed by atoms with van der Waals surface area (Å²) in [7, 11) is -5.09. The summed E-state index contributed by atoms with van der Waals surface area (Å²) >= 11 is 0. The van der Waals surface area contributed by atoms with Gasteiger partial charge >= 0.3 is 0 Å². The SMILES string of the molecule is COc1ccc(COC[C@H](C)[C@H]2OC2(C)[C@@H](O[Si](C)(C)C(C)(C)C)[C@@H](CO[Si](C)(C)C(C)(C)C)[C@H](O)[C@@H](CO[Si](C)(C)C(C)(C)C)[C@@H](CC(=O)N(C)OC)O[Si](C)(C)C(C)(C)C)cc1. The number of epoxide rings is 1. The van der Waals surface area contributed by atoms with Gasteiger partial charge in [-0.3, -0.25) is 9.63 Å². The predicted molar refractivity (Wildman–Crippen MR) is 273 cm³/mol. The largest absolute Gasteiger partial charge is 0.497 e. The Morgan fingerprint density at radius 2 is 1.16 bits per heavy atom. The van der Waals surface area contributed by atoms with Gasteiger partial charge in [0.15, 0.2) is 33.3 Å². The zero-order valence-corrected chi connectivity index (χ0v) is 49.5. The Morgan fingerprint density at radius 1 is 0.719 bits per heavy atom. The third-order valence-electron chi connectivity index (χ3n) is 15.9. The molecule has 0 spiro atoms. The van der Waals surface area contributed by atoms with Crippen molar-refractivity contribution in [1.82, 2.24) is 5.06 Å². The number of benzene rings is 1. The van der Waals surface area contributed by atoms with Crippen molar-refractivity contribution >= 4 is 39.2 Å². The third kappa shape index (κ3) is 15.3. The van der Waals surface area contributed by atoms with E-state index in [9.17, 15) is 9.90 Å². The Bertz CT molecular complexity index is 1610. The maximum atomic E-state index is 14.0. The number of amides is 1. The Labute approximate surface area is 396 Å². The van der Waals surface area contributed by atoms with Crippen LogP contribution < -0.4 is 4.74 Å². The van der Waals surface area contributed by atoms with Gasteiger partial charge in [-0.1, -0.05) is 102 Å². The van der Waals surface area contributed by atoms with Crippen LogP contribution in [0.3, 0.4) is 0 Å². The minimum absolute atomic E-state index is 0.00195. The lowest BCUT2D eigenvalue weighted by Crippen LogP contribution is -2.59. The molecule has 0 saturated carbocycles. The van der Waals surface area contributed by atoms with Crippen LogP contribution in [0.5, 0.6) is 5.75 Å². The van der Waals surface area contributed by atoms with Crippen LogP contribution in [-0.2, 0) is 43.4 Å². The van der Waals surface area contributed by atoms with E-state index in [1.807, 2.05) is 24.3 Å². The molecule has 1 amide bonds. The number of carbonyl (C=O) groups excluding carboxylic acids is 1. The topological polar surface area (TPSA) is 118 Å². The maximum absolute atomic E-state index is 14.0. The highest BCUT2D eigenvalue weighted by molar-refractivity contribution is 6.75. The lowest BCUT2D eigenvalue weighted by Gasteiger charge is -2.48. The number of aliphatic hydroxyl groups is 1. The van der Waals surface area contributed by atoms with Crippen molar-refractivity contribution in [3.8, 4) is 5.75 Å². The van der Waals surface area contributed by atoms with E-state index in [1.54, 1.807) is 14.2 Å². The average molecular weight is 973 g/mol. The Kier molecular flexibility index (Phi) is 20.1. The van der Waals surface area contributed by atoms with Gasteiger partial charge in [-0.15, -0.1) is 0 Å². The molecule has 15 heteroatoms. The molecule has 374 valence electrons. The van der Waals surface area contributed by atoms with Crippen molar-refractivity contribution in [3.63, 3.8) is 0 Å². The van der Waals surface area contributed by atoms with Crippen LogP contribution in [0.25, 0.3) is 0 Å². The van der Waals surface area contributed by atoms with Gasteiger partial charge in [-0.2, -0.15) is 0 Å². The summed E-state index contributed by atoms with van der Waals surface area (Å²) in [4.78, 5) is 19.4. The van der Waals surface area contributed by atoms with Gasteiger partial charge < -0.3 is 37.0 Å². The van der Waals surface area contributed by atoms with Crippen LogP contribution in [0, 0.1) is 17.8 Å². The van der Waals surface area contributed by atoms with E-state index in [1.165, 1.54) is 12.2 Å². The second kappa shape index (κ2) is 21.8. The minimum atomic E-state index is -2.55. The molecule has 1 aliphatic rings. The molecule has 64 heavy (non-hydrogen) atoms. The Hall–Kier alpha value is -0.962. The van der Waals surface area contributed by atoms with Gasteiger partial charge in [0, 0.05) is 38.0 Å². The van der Waals surface area contributed by atoms with Crippen LogP contribution in [0.2, 0.25) is 72.5 Å². The standard InChI is InChI=1S/C49H97NO10Si4/c1-35(31-55-32-36-26-28-37(53-16)29-27-36)43-49(14,58-43)44(60-64(24,25)48(11,12)13)39(34-57-62(20,21)46(5,6)7)42(52)38(33-56-61(18,19)45(2,3)4)40(30-41(51)50(15)54-17)59-63(22,23)47(8,9)10/h26-29,35,38-40,42-44,52H,30-34H2,1-25H3/t35-,38-,39-,40+,42+,43+,44-,49?/m0/s1. The number of rotatable bonds is 24. The van der Waals surface area contributed by atoms with Crippen molar-refractivity contribution in [2.75, 3.05) is 41.1 Å². The molecule has 1 fully saturated rings. The smallest absolute Gasteiger partial charge is 0.248 e. The highest BCUT2D eigenvalue weighted by Gasteiger charge is 2.65. The molecule has 0 aromatic heterocycles. The molecule has 1 heterocycles. The molecule has 1 saturated heterocycles. The number of hydrogen-bond acceptors (Lipinski definition) is 10. The first-order valence-electron chi connectivity index (χ1n) is 23.7. The zero-order valence-electron chi connectivity index (χ0n) is 45.5. The quantitative estimate of drug-likeness (QED) is 0.0609. The summed E-state index contributed by atoms with van der Waals surface area (Å²) in [5.41, 5.74) is 0.279. The molecular weight excluding hydrogens is 875 g/mol. The van der Waals surface area contributed by atoms with Crippen molar-refractivity contribution < 1.29 is 46.7 Å². The molecule has 2 rings (SSSR count). The van der Waals surface area contributed by atoms with Gasteiger partial charge in [0.2, 0.25) is 5.91 Å². The van der Waals surface area contributed by atoms with Crippen molar-refractivity contribution in [1.29, 1.82) is 0 Å². The number of hydroxylamine groups is 2. The monoisotopic (exact) mass is 972 g/mol. The second-order valence-corrected chi connectivity index (χ2v) is 44.1. The van der Waals surface area contributed by atoms with E-state index < -0.39 is 69.0 Å². The normalized spacial score (nSPS) is 21.2. The number of carbonyl (C=O) groups is 1. The summed E-state index contributed by atoms with van der Waals surface area (Å²) in [5, 5.41) is 14.4. The summed E-state index contributed by atoms with van der Waals surface area (Å²) in [6, 6.07) is 7.93. The third-order valence-corrected chi connectivity index (χ3v) is 33.9. The van der Waals surface area contributed by atoms with E-state index in [0.29, 0.717) is 13.2 Å². The first-order valence-corrected chi connectivity index (χ1v) is 35.3. The zero-order chi connectivity index (χ0) is 49.9. The number of hydrogen-bond donors (Lipinski definition) is 1. The number of ether oxygens (including phenoxy) is 3. The molecule has 1 aliphatic heterocycles. The Morgan fingerprint density at radius 3 is 1.58 bits per heavy atom. The first kappa shape index (κ1) is 59.2. The van der Waals surface area contributed by atoms with Gasteiger partial charge in [0.1, 0.15) is 11.4 Å². The molecule has 0 aliphatic carbocycles. The first-order chi connectivity index (χ1) is 28.7.